The van der Waals surface area contributed by atoms with Gasteiger partial charge in [0.2, 0.25) is 0 Å². The van der Waals surface area contributed by atoms with Crippen molar-refractivity contribution in [2.24, 2.45) is 0 Å². The molecule has 0 unspecified atom stereocenters. The minimum absolute atomic E-state index is 0.528. The number of aldehydes is 1. The summed E-state index contributed by atoms with van der Waals surface area (Å²) in [6.07, 6.45) is 1.63. The lowest BCUT2D eigenvalue weighted by molar-refractivity contribution is 0.111. The molecule has 1 aromatic heterocycles. The molecule has 3 aromatic rings. The average Bonchev–Trinajstić information content (AvgIpc) is 2.74. The van der Waals surface area contributed by atoms with Gasteiger partial charge in [-0.2, -0.15) is 10.2 Å². The summed E-state index contributed by atoms with van der Waals surface area (Å²) >= 11 is 0. The Morgan fingerprint density at radius 3 is 2.38 bits per heavy atom. The van der Waals surface area contributed by atoms with E-state index in [4.69, 9.17) is 4.74 Å². The first-order valence-corrected chi connectivity index (χ1v) is 9.78. The maximum atomic E-state index is 11.6. The summed E-state index contributed by atoms with van der Waals surface area (Å²) in [5.41, 5.74) is 7.89. The highest BCUT2D eigenvalue weighted by atomic mass is 16.5. The highest BCUT2D eigenvalue weighted by Crippen LogP contribution is 2.30. The van der Waals surface area contributed by atoms with E-state index in [2.05, 4.69) is 46.7 Å². The minimum atomic E-state index is 0.528. The molecule has 29 heavy (non-hydrogen) atoms. The van der Waals surface area contributed by atoms with E-state index < -0.39 is 0 Å². The largest absolute Gasteiger partial charge is 0.491 e. The molecule has 0 aliphatic rings. The number of aryl methyl sites for hydroxylation is 1. The summed E-state index contributed by atoms with van der Waals surface area (Å²) in [4.78, 5) is 11.6. The van der Waals surface area contributed by atoms with Crippen molar-refractivity contribution in [3.8, 4) is 17.0 Å². The van der Waals surface area contributed by atoms with Crippen molar-refractivity contribution in [2.45, 2.75) is 27.2 Å². The zero-order valence-electron chi connectivity index (χ0n) is 17.5. The predicted molar refractivity (Wildman–Crippen MR) is 116 cm³/mol. The van der Waals surface area contributed by atoms with Crippen LogP contribution in [0.2, 0.25) is 0 Å². The average molecular weight is 389 g/mol. The molecular formula is C24H27N3O2. The van der Waals surface area contributed by atoms with Gasteiger partial charge in [-0.05, 0) is 74.7 Å². The van der Waals surface area contributed by atoms with Crippen molar-refractivity contribution in [3.05, 3.63) is 76.0 Å². The quantitative estimate of drug-likeness (QED) is 0.465. The molecule has 3 rings (SSSR count). The lowest BCUT2D eigenvalue weighted by atomic mass is 9.93. The van der Waals surface area contributed by atoms with Gasteiger partial charge in [0.25, 0.3) is 0 Å². The normalized spacial score (nSPS) is 10.8. The van der Waals surface area contributed by atoms with Crippen LogP contribution >= 0.6 is 0 Å². The summed E-state index contributed by atoms with van der Waals surface area (Å²) in [7, 11) is 1.88. The third kappa shape index (κ3) is 4.87. The third-order valence-electron chi connectivity index (χ3n) is 5.14. The van der Waals surface area contributed by atoms with Gasteiger partial charge in [-0.25, -0.2) is 0 Å². The highest BCUT2D eigenvalue weighted by molar-refractivity contribution is 5.81. The lowest BCUT2D eigenvalue weighted by Gasteiger charge is -2.17. The van der Waals surface area contributed by atoms with Crippen LogP contribution in [0.25, 0.3) is 11.3 Å². The van der Waals surface area contributed by atoms with Crippen LogP contribution < -0.4 is 10.1 Å². The van der Waals surface area contributed by atoms with Crippen molar-refractivity contribution in [1.29, 1.82) is 0 Å². The van der Waals surface area contributed by atoms with Gasteiger partial charge in [-0.1, -0.05) is 24.3 Å². The van der Waals surface area contributed by atoms with Gasteiger partial charge in [0, 0.05) is 12.1 Å². The number of nitrogens with one attached hydrogen (secondary N) is 1. The Bertz CT molecular complexity index is 981. The fourth-order valence-electron chi connectivity index (χ4n) is 3.27. The number of likely N-dealkylation sites (N-methyl/N-ethyl adjacent to an activating group) is 1. The van der Waals surface area contributed by atoms with Crippen molar-refractivity contribution in [3.63, 3.8) is 0 Å². The second-order valence-electron chi connectivity index (χ2n) is 7.21. The van der Waals surface area contributed by atoms with Crippen LogP contribution in [-0.4, -0.2) is 36.7 Å². The summed E-state index contributed by atoms with van der Waals surface area (Å²) in [6.45, 7) is 7.28. The van der Waals surface area contributed by atoms with Gasteiger partial charge in [0.15, 0.2) is 6.29 Å². The number of carbonyl (C=O) groups is 1. The molecule has 1 heterocycles. The minimum Gasteiger partial charge on any atom is -0.491 e. The Morgan fingerprint density at radius 1 is 1.00 bits per heavy atom. The van der Waals surface area contributed by atoms with Gasteiger partial charge < -0.3 is 10.1 Å². The maximum absolute atomic E-state index is 11.6. The zero-order valence-corrected chi connectivity index (χ0v) is 17.5. The first kappa shape index (κ1) is 20.7. The SMILES string of the molecule is CNCCOc1c(C=O)cc(Cc2ccc(-c3ccc(C)nn3)cc2)c(C)c1C. The molecule has 0 spiro atoms. The third-order valence-corrected chi connectivity index (χ3v) is 5.14. The molecule has 0 radical (unpaired) electrons. The van der Waals surface area contributed by atoms with Gasteiger partial charge in [-0.3, -0.25) is 4.79 Å². The molecule has 1 N–H and O–H groups in total. The molecule has 0 saturated heterocycles. The Hall–Kier alpha value is -3.05. The fourth-order valence-corrected chi connectivity index (χ4v) is 3.27. The molecule has 5 heteroatoms. The molecule has 0 atom stereocenters. The molecule has 0 saturated carbocycles. The number of carbonyl (C=O) groups excluding carboxylic acids is 1. The predicted octanol–water partition coefficient (Wildman–Crippen LogP) is 4.07. The van der Waals surface area contributed by atoms with E-state index in [1.807, 2.05) is 39.1 Å². The smallest absolute Gasteiger partial charge is 0.153 e. The lowest BCUT2D eigenvalue weighted by Crippen LogP contribution is -2.17. The maximum Gasteiger partial charge on any atom is 0.153 e. The summed E-state index contributed by atoms with van der Waals surface area (Å²) < 4.78 is 5.85. The van der Waals surface area contributed by atoms with Gasteiger partial charge in [-0.15, -0.1) is 0 Å². The first-order chi connectivity index (χ1) is 14.0. The van der Waals surface area contributed by atoms with Gasteiger partial charge in [0.05, 0.1) is 17.0 Å². The monoisotopic (exact) mass is 389 g/mol. The van der Waals surface area contributed by atoms with Crippen molar-refractivity contribution < 1.29 is 9.53 Å². The molecule has 0 aliphatic heterocycles. The number of benzene rings is 2. The van der Waals surface area contributed by atoms with Crippen molar-refractivity contribution in [2.75, 3.05) is 20.2 Å². The highest BCUT2D eigenvalue weighted by Gasteiger charge is 2.14. The zero-order chi connectivity index (χ0) is 20.8. The molecule has 0 bridgehead atoms. The topological polar surface area (TPSA) is 64.1 Å². The van der Waals surface area contributed by atoms with E-state index in [-0.39, 0.29) is 0 Å². The standard InChI is InChI=1S/C24H27N3O2/c1-16-5-10-23(27-26-16)20-8-6-19(7-9-20)13-21-14-22(15-28)24(18(3)17(21)2)29-12-11-25-4/h5-10,14-15,25H,11-13H2,1-4H3. The van der Waals surface area contributed by atoms with Gasteiger partial charge in [0.1, 0.15) is 12.4 Å². The first-order valence-electron chi connectivity index (χ1n) is 9.78. The second-order valence-corrected chi connectivity index (χ2v) is 7.21. The number of nitrogens with zero attached hydrogens (tertiary/aromatic N) is 2. The summed E-state index contributed by atoms with van der Waals surface area (Å²) in [5.74, 6) is 0.685. The fraction of sp³-hybridized carbons (Fsp3) is 0.292. The molecule has 0 aliphatic carbocycles. The Morgan fingerprint density at radius 2 is 1.76 bits per heavy atom. The molecule has 2 aromatic carbocycles. The number of aromatic nitrogens is 2. The summed E-state index contributed by atoms with van der Waals surface area (Å²) in [6, 6.07) is 14.2. The van der Waals surface area contributed by atoms with Crippen molar-refractivity contribution >= 4 is 6.29 Å². The van der Waals surface area contributed by atoms with Crippen molar-refractivity contribution in [1.82, 2.24) is 15.5 Å². The van der Waals surface area contributed by atoms with E-state index in [1.165, 1.54) is 5.56 Å². The molecule has 0 fully saturated rings. The van der Waals surface area contributed by atoms with E-state index in [0.717, 1.165) is 52.9 Å². The number of hydrogen-bond acceptors (Lipinski definition) is 5. The van der Waals surface area contributed by atoms with Crippen LogP contribution in [-0.2, 0) is 6.42 Å². The van der Waals surface area contributed by atoms with Crippen LogP contribution in [0.1, 0.15) is 38.3 Å². The van der Waals surface area contributed by atoms with Gasteiger partial charge >= 0.3 is 0 Å². The molecule has 0 amide bonds. The van der Waals surface area contributed by atoms with Crippen LogP contribution in [0, 0.1) is 20.8 Å². The Kier molecular flexibility index (Phi) is 6.73. The molecular weight excluding hydrogens is 362 g/mol. The number of hydrogen-bond donors (Lipinski definition) is 1. The van der Waals surface area contributed by atoms with Crippen LogP contribution in [0.15, 0.2) is 42.5 Å². The second kappa shape index (κ2) is 9.43. The molecule has 5 nitrogen and oxygen atoms in total. The van der Waals surface area contributed by atoms with Crippen LogP contribution in [0.3, 0.4) is 0 Å². The number of rotatable bonds is 8. The summed E-state index contributed by atoms with van der Waals surface area (Å²) in [5, 5.41) is 11.4. The van der Waals surface area contributed by atoms with E-state index >= 15 is 0 Å². The Labute approximate surface area is 172 Å². The van der Waals surface area contributed by atoms with E-state index in [9.17, 15) is 4.79 Å². The van der Waals surface area contributed by atoms with Crippen LogP contribution in [0.4, 0.5) is 0 Å². The van der Waals surface area contributed by atoms with Crippen LogP contribution in [0.5, 0.6) is 5.75 Å². The Balaban J connectivity index is 1.83. The molecule has 150 valence electrons. The number of ether oxygens (including phenoxy) is 1. The van der Waals surface area contributed by atoms with E-state index in [1.54, 1.807) is 0 Å². The van der Waals surface area contributed by atoms with E-state index in [0.29, 0.717) is 17.9 Å².